The van der Waals surface area contributed by atoms with Gasteiger partial charge in [-0.2, -0.15) is 0 Å². The molecule has 0 aromatic heterocycles. The molecule has 2 fully saturated rings. The van der Waals surface area contributed by atoms with Crippen LogP contribution in [0.2, 0.25) is 0 Å². The minimum atomic E-state index is -0.239. The van der Waals surface area contributed by atoms with Crippen molar-refractivity contribution in [1.29, 1.82) is 0 Å². The number of nitrogens with one attached hydrogen (secondary N) is 2. The smallest absolute Gasteiger partial charge is 0.239 e. The molecule has 2 atom stereocenters. The molecule has 0 aliphatic carbocycles. The second-order valence-electron chi connectivity index (χ2n) is 6.54. The number of carbonyl (C=O) groups excluding carboxylic acids is 1. The van der Waals surface area contributed by atoms with Crippen LogP contribution in [-0.2, 0) is 27.4 Å². The fourth-order valence-corrected chi connectivity index (χ4v) is 3.18. The summed E-state index contributed by atoms with van der Waals surface area (Å²) in [4.78, 5) is 14.5. The zero-order chi connectivity index (χ0) is 16.8. The van der Waals surface area contributed by atoms with Crippen LogP contribution >= 0.6 is 24.8 Å². The normalized spacial score (nSPS) is 23.4. The summed E-state index contributed by atoms with van der Waals surface area (Å²) < 4.78 is 10.9. The van der Waals surface area contributed by atoms with E-state index in [1.807, 2.05) is 0 Å². The maximum atomic E-state index is 12.1. The van der Waals surface area contributed by atoms with Gasteiger partial charge in [-0.1, -0.05) is 24.3 Å². The molecule has 8 heteroatoms. The van der Waals surface area contributed by atoms with Crippen LogP contribution in [0.5, 0.6) is 0 Å². The van der Waals surface area contributed by atoms with Crippen molar-refractivity contribution in [2.75, 3.05) is 39.5 Å². The van der Waals surface area contributed by atoms with Gasteiger partial charge in [-0.3, -0.25) is 9.69 Å². The van der Waals surface area contributed by atoms with E-state index in [0.29, 0.717) is 25.9 Å². The van der Waals surface area contributed by atoms with Crippen LogP contribution in [0.3, 0.4) is 0 Å². The van der Waals surface area contributed by atoms with Crippen LogP contribution in [-0.4, -0.2) is 62.4 Å². The first kappa shape index (κ1) is 23.1. The Labute approximate surface area is 167 Å². The van der Waals surface area contributed by atoms with Gasteiger partial charge in [0.15, 0.2) is 0 Å². The number of halogens is 2. The number of hydrogen-bond acceptors (Lipinski definition) is 5. The Morgan fingerprint density at radius 2 is 2.12 bits per heavy atom. The number of ether oxygens (including phenoxy) is 2. The Hall–Kier alpha value is -0.890. The van der Waals surface area contributed by atoms with Crippen molar-refractivity contribution in [3.63, 3.8) is 0 Å². The first-order valence-corrected chi connectivity index (χ1v) is 8.71. The van der Waals surface area contributed by atoms with Gasteiger partial charge >= 0.3 is 0 Å². The molecule has 0 radical (unpaired) electrons. The van der Waals surface area contributed by atoms with E-state index in [1.165, 1.54) is 5.56 Å². The van der Waals surface area contributed by atoms with Crippen molar-refractivity contribution >= 4 is 30.7 Å². The molecule has 0 spiro atoms. The zero-order valence-electron chi connectivity index (χ0n) is 15.1. The van der Waals surface area contributed by atoms with E-state index in [-0.39, 0.29) is 36.8 Å². The van der Waals surface area contributed by atoms with Crippen LogP contribution in [0.4, 0.5) is 0 Å². The first-order valence-electron chi connectivity index (χ1n) is 8.71. The summed E-state index contributed by atoms with van der Waals surface area (Å²) in [5, 5.41) is 6.16. The SMILES string of the molecule is CC1CN(Cc2cccc(CNC(=O)C3COCCN3)c2)CCO1.Cl.Cl. The lowest BCUT2D eigenvalue weighted by atomic mass is 10.1. The lowest BCUT2D eigenvalue weighted by Gasteiger charge is -2.31. The van der Waals surface area contributed by atoms with Gasteiger partial charge < -0.3 is 20.1 Å². The molecule has 1 amide bonds. The highest BCUT2D eigenvalue weighted by atomic mass is 35.5. The molecular formula is C18H29Cl2N3O3. The Balaban J connectivity index is 0.00000169. The van der Waals surface area contributed by atoms with Crippen LogP contribution in [0.25, 0.3) is 0 Å². The van der Waals surface area contributed by atoms with E-state index in [4.69, 9.17) is 9.47 Å². The van der Waals surface area contributed by atoms with E-state index < -0.39 is 0 Å². The van der Waals surface area contributed by atoms with Crippen molar-refractivity contribution in [3.05, 3.63) is 35.4 Å². The third-order valence-electron chi connectivity index (χ3n) is 4.43. The van der Waals surface area contributed by atoms with Crippen LogP contribution in [0.1, 0.15) is 18.1 Å². The third kappa shape index (κ3) is 7.02. The highest BCUT2D eigenvalue weighted by molar-refractivity contribution is 5.85. The topological polar surface area (TPSA) is 62.8 Å². The molecule has 2 unspecified atom stereocenters. The van der Waals surface area contributed by atoms with E-state index in [2.05, 4.69) is 46.7 Å². The lowest BCUT2D eigenvalue weighted by molar-refractivity contribution is -0.126. The second kappa shape index (κ2) is 11.7. The molecular weight excluding hydrogens is 377 g/mol. The highest BCUT2D eigenvalue weighted by Gasteiger charge is 2.20. The first-order chi connectivity index (χ1) is 11.7. The van der Waals surface area contributed by atoms with E-state index in [1.54, 1.807) is 0 Å². The average molecular weight is 406 g/mol. The van der Waals surface area contributed by atoms with E-state index in [0.717, 1.165) is 38.3 Å². The fraction of sp³-hybridized carbons (Fsp3) is 0.611. The second-order valence-corrected chi connectivity index (χ2v) is 6.54. The molecule has 2 aliphatic rings. The quantitative estimate of drug-likeness (QED) is 0.773. The van der Waals surface area contributed by atoms with Crippen molar-refractivity contribution in [3.8, 4) is 0 Å². The molecule has 1 aromatic rings. The maximum absolute atomic E-state index is 12.1. The minimum absolute atomic E-state index is 0. The molecule has 0 bridgehead atoms. The number of morpholine rings is 2. The Kier molecular flexibility index (Phi) is 10.5. The average Bonchev–Trinajstić information content (AvgIpc) is 2.61. The Morgan fingerprint density at radius 3 is 2.85 bits per heavy atom. The molecule has 3 rings (SSSR count). The third-order valence-corrected chi connectivity index (χ3v) is 4.43. The van der Waals surface area contributed by atoms with Gasteiger partial charge in [0, 0.05) is 32.7 Å². The summed E-state index contributed by atoms with van der Waals surface area (Å²) in [6, 6.07) is 8.18. The van der Waals surface area contributed by atoms with Gasteiger partial charge in [0.2, 0.25) is 5.91 Å². The summed E-state index contributed by atoms with van der Waals surface area (Å²) in [7, 11) is 0. The van der Waals surface area contributed by atoms with Crippen molar-refractivity contribution < 1.29 is 14.3 Å². The number of hydrogen-bond donors (Lipinski definition) is 2. The van der Waals surface area contributed by atoms with Gasteiger partial charge in [0.25, 0.3) is 0 Å². The monoisotopic (exact) mass is 405 g/mol. The molecule has 2 saturated heterocycles. The molecule has 2 heterocycles. The Bertz CT molecular complexity index is 556. The zero-order valence-corrected chi connectivity index (χ0v) is 16.7. The molecule has 148 valence electrons. The molecule has 0 saturated carbocycles. The van der Waals surface area contributed by atoms with Gasteiger partial charge in [0.1, 0.15) is 6.04 Å². The number of carbonyl (C=O) groups is 1. The summed E-state index contributed by atoms with van der Waals surface area (Å²) in [5.41, 5.74) is 2.40. The molecule has 2 N–H and O–H groups in total. The fourth-order valence-electron chi connectivity index (χ4n) is 3.18. The summed E-state index contributed by atoms with van der Waals surface area (Å²) in [6.45, 7) is 8.16. The van der Waals surface area contributed by atoms with Gasteiger partial charge in [-0.25, -0.2) is 0 Å². The molecule has 2 aliphatic heterocycles. The standard InChI is InChI=1S/C18H27N3O3.2ClH/c1-14-11-21(6-8-24-14)12-16-4-2-3-15(9-16)10-20-18(22)17-13-23-7-5-19-17;;/h2-4,9,14,17,19H,5-8,10-13H2,1H3,(H,20,22);2*1H. The van der Waals surface area contributed by atoms with Gasteiger partial charge in [-0.15, -0.1) is 24.8 Å². The van der Waals surface area contributed by atoms with Crippen molar-refractivity contribution in [2.24, 2.45) is 0 Å². The minimum Gasteiger partial charge on any atom is -0.378 e. The van der Waals surface area contributed by atoms with E-state index in [9.17, 15) is 4.79 Å². The number of rotatable bonds is 5. The lowest BCUT2D eigenvalue weighted by Crippen LogP contribution is -2.51. The molecule has 6 nitrogen and oxygen atoms in total. The van der Waals surface area contributed by atoms with E-state index >= 15 is 0 Å². The molecule has 1 aromatic carbocycles. The van der Waals surface area contributed by atoms with Crippen LogP contribution < -0.4 is 10.6 Å². The number of benzene rings is 1. The summed E-state index contributed by atoms with van der Waals surface area (Å²) in [6.07, 6.45) is 0.298. The highest BCUT2D eigenvalue weighted by Crippen LogP contribution is 2.12. The van der Waals surface area contributed by atoms with Crippen LogP contribution in [0, 0.1) is 0 Å². The predicted octanol–water partition coefficient (Wildman–Crippen LogP) is 1.36. The van der Waals surface area contributed by atoms with Gasteiger partial charge in [0.05, 0.1) is 25.9 Å². The van der Waals surface area contributed by atoms with Crippen LogP contribution in [0.15, 0.2) is 24.3 Å². The summed E-state index contributed by atoms with van der Waals surface area (Å²) in [5.74, 6) is 0.00195. The Morgan fingerprint density at radius 1 is 1.31 bits per heavy atom. The largest absolute Gasteiger partial charge is 0.378 e. The molecule has 26 heavy (non-hydrogen) atoms. The summed E-state index contributed by atoms with van der Waals surface area (Å²) >= 11 is 0. The number of nitrogens with zero attached hydrogens (tertiary/aromatic N) is 1. The van der Waals surface area contributed by atoms with Crippen molar-refractivity contribution in [2.45, 2.75) is 32.2 Å². The van der Waals surface area contributed by atoms with Gasteiger partial charge in [-0.05, 0) is 18.1 Å². The predicted molar refractivity (Wildman–Crippen MR) is 106 cm³/mol. The number of amides is 1. The maximum Gasteiger partial charge on any atom is 0.239 e. The van der Waals surface area contributed by atoms with Crippen molar-refractivity contribution in [1.82, 2.24) is 15.5 Å².